The summed E-state index contributed by atoms with van der Waals surface area (Å²) in [5.74, 6) is -0.740. The van der Waals surface area contributed by atoms with E-state index < -0.39 is 17.0 Å². The second kappa shape index (κ2) is 8.60. The highest BCUT2D eigenvalue weighted by atomic mass is 35.5. The van der Waals surface area contributed by atoms with Crippen molar-refractivity contribution in [1.29, 1.82) is 0 Å². The van der Waals surface area contributed by atoms with E-state index in [4.69, 9.17) is 16.3 Å². The number of carbonyl (C=O) groups excluding carboxylic acids is 1. The molecule has 0 aliphatic heterocycles. The smallest absolute Gasteiger partial charge is 0.345 e. The zero-order chi connectivity index (χ0) is 18.4. The molecule has 6 nitrogen and oxygen atoms in total. The normalized spacial score (nSPS) is 12.0. The van der Waals surface area contributed by atoms with E-state index in [1.807, 2.05) is 49.3 Å². The van der Waals surface area contributed by atoms with Crippen LogP contribution in [0.25, 0.3) is 0 Å². The lowest BCUT2D eigenvalue weighted by molar-refractivity contribution is -0.385. The number of carbonyl (C=O) groups is 1. The van der Waals surface area contributed by atoms with Crippen molar-refractivity contribution >= 4 is 23.3 Å². The Morgan fingerprint density at radius 3 is 2.52 bits per heavy atom. The summed E-state index contributed by atoms with van der Waals surface area (Å²) in [7, 11) is 3.85. The molecule has 0 N–H and O–H groups in total. The maximum atomic E-state index is 12.5. The number of esters is 1. The molecule has 0 unspecified atom stereocenters. The molecule has 2 aromatic carbocycles. The standard InChI is InChI=1S/C18H19ClN2O4/c1-20(2)11-10-17(13-6-4-3-5-7-13)25-18(22)15-9-8-14(19)12-16(15)21(23)24/h3-9,12,17H,10-11H2,1-2H3/t17-/m1/s1. The van der Waals surface area contributed by atoms with E-state index in [0.717, 1.165) is 11.6 Å². The van der Waals surface area contributed by atoms with Crippen molar-refractivity contribution in [1.82, 2.24) is 4.90 Å². The summed E-state index contributed by atoms with van der Waals surface area (Å²) >= 11 is 5.79. The van der Waals surface area contributed by atoms with E-state index in [1.165, 1.54) is 12.1 Å². The maximum absolute atomic E-state index is 12.5. The number of nitro benzene ring substituents is 1. The fourth-order valence-corrected chi connectivity index (χ4v) is 2.52. The van der Waals surface area contributed by atoms with Crippen molar-refractivity contribution in [2.24, 2.45) is 0 Å². The van der Waals surface area contributed by atoms with Crippen LogP contribution in [0.4, 0.5) is 5.69 Å². The molecule has 0 spiro atoms. The molecule has 0 bridgehead atoms. The summed E-state index contributed by atoms with van der Waals surface area (Å²) in [5.41, 5.74) is 0.367. The molecule has 0 fully saturated rings. The molecule has 0 radical (unpaired) electrons. The van der Waals surface area contributed by atoms with Crippen LogP contribution in [0, 0.1) is 10.1 Å². The number of benzene rings is 2. The fraction of sp³-hybridized carbons (Fsp3) is 0.278. The Balaban J connectivity index is 2.26. The van der Waals surface area contributed by atoms with Crippen LogP contribution in [0.5, 0.6) is 0 Å². The SMILES string of the molecule is CN(C)CC[C@@H](OC(=O)c1ccc(Cl)cc1[N+](=O)[O-])c1ccccc1. The van der Waals surface area contributed by atoms with Gasteiger partial charge in [0.15, 0.2) is 0 Å². The average Bonchev–Trinajstić information content (AvgIpc) is 2.58. The van der Waals surface area contributed by atoms with Crippen molar-refractivity contribution in [3.05, 3.63) is 74.8 Å². The Morgan fingerprint density at radius 1 is 1.24 bits per heavy atom. The minimum absolute atomic E-state index is 0.111. The highest BCUT2D eigenvalue weighted by Crippen LogP contribution is 2.28. The molecule has 0 aliphatic carbocycles. The lowest BCUT2D eigenvalue weighted by atomic mass is 10.1. The van der Waals surface area contributed by atoms with Crippen LogP contribution < -0.4 is 0 Å². The van der Waals surface area contributed by atoms with Crippen molar-refractivity contribution in [2.45, 2.75) is 12.5 Å². The van der Waals surface area contributed by atoms with Crippen molar-refractivity contribution in [2.75, 3.05) is 20.6 Å². The van der Waals surface area contributed by atoms with Gasteiger partial charge < -0.3 is 9.64 Å². The maximum Gasteiger partial charge on any atom is 0.345 e. The lowest BCUT2D eigenvalue weighted by Gasteiger charge is -2.20. The zero-order valence-corrected chi connectivity index (χ0v) is 14.8. The molecule has 2 rings (SSSR count). The average molecular weight is 363 g/mol. The van der Waals surface area contributed by atoms with Crippen molar-refractivity contribution < 1.29 is 14.5 Å². The Labute approximate surface area is 151 Å². The molecule has 7 heteroatoms. The Hall–Kier alpha value is -2.44. The highest BCUT2D eigenvalue weighted by molar-refractivity contribution is 6.31. The monoisotopic (exact) mass is 362 g/mol. The van der Waals surface area contributed by atoms with Gasteiger partial charge in [0.25, 0.3) is 5.69 Å². The molecule has 0 aromatic heterocycles. The molecule has 0 heterocycles. The molecular weight excluding hydrogens is 344 g/mol. The fourth-order valence-electron chi connectivity index (χ4n) is 2.36. The van der Waals surface area contributed by atoms with E-state index >= 15 is 0 Å². The highest BCUT2D eigenvalue weighted by Gasteiger charge is 2.25. The van der Waals surface area contributed by atoms with Crippen LogP contribution in [0.2, 0.25) is 5.02 Å². The number of hydrogen-bond donors (Lipinski definition) is 0. The molecule has 132 valence electrons. The second-order valence-electron chi connectivity index (χ2n) is 5.82. The quantitative estimate of drug-likeness (QED) is 0.421. The largest absolute Gasteiger partial charge is 0.454 e. The minimum atomic E-state index is -0.740. The van der Waals surface area contributed by atoms with Crippen LogP contribution >= 0.6 is 11.6 Å². The van der Waals surface area contributed by atoms with Crippen LogP contribution in [0.3, 0.4) is 0 Å². The van der Waals surface area contributed by atoms with Crippen molar-refractivity contribution in [3.8, 4) is 0 Å². The van der Waals surface area contributed by atoms with E-state index in [1.54, 1.807) is 0 Å². The van der Waals surface area contributed by atoms with E-state index in [9.17, 15) is 14.9 Å². The third-order valence-corrected chi connectivity index (χ3v) is 3.87. The molecule has 2 aromatic rings. The first kappa shape index (κ1) is 18.9. The summed E-state index contributed by atoms with van der Waals surface area (Å²) in [6.45, 7) is 0.704. The molecule has 0 saturated heterocycles. The predicted molar refractivity (Wildman–Crippen MR) is 95.9 cm³/mol. The van der Waals surface area contributed by atoms with Gasteiger partial charge in [-0.2, -0.15) is 0 Å². The number of hydrogen-bond acceptors (Lipinski definition) is 5. The molecular formula is C18H19ClN2O4. The summed E-state index contributed by atoms with van der Waals surface area (Å²) in [6.07, 6.45) is 0.0795. The van der Waals surface area contributed by atoms with E-state index in [-0.39, 0.29) is 16.3 Å². The number of nitrogens with zero attached hydrogens (tertiary/aromatic N) is 2. The third kappa shape index (κ3) is 5.27. The van der Waals surface area contributed by atoms with Gasteiger partial charge in [-0.1, -0.05) is 41.9 Å². The molecule has 1 atom stereocenters. The van der Waals surface area contributed by atoms with Crippen LogP contribution in [-0.4, -0.2) is 36.4 Å². The van der Waals surface area contributed by atoms with Gasteiger partial charge in [-0.15, -0.1) is 0 Å². The van der Waals surface area contributed by atoms with Gasteiger partial charge in [0.05, 0.1) is 4.92 Å². The van der Waals surface area contributed by atoms with Crippen LogP contribution in [0.1, 0.15) is 28.4 Å². The Morgan fingerprint density at radius 2 is 1.92 bits per heavy atom. The number of halogens is 1. The van der Waals surface area contributed by atoms with Gasteiger partial charge in [-0.05, 0) is 31.8 Å². The summed E-state index contributed by atoms with van der Waals surface area (Å²) < 4.78 is 5.59. The topological polar surface area (TPSA) is 72.7 Å². The Kier molecular flexibility index (Phi) is 6.50. The molecule has 0 aliphatic rings. The summed E-state index contributed by atoms with van der Waals surface area (Å²) in [4.78, 5) is 25.0. The van der Waals surface area contributed by atoms with Crippen LogP contribution in [-0.2, 0) is 4.74 Å². The molecule has 0 amide bonds. The van der Waals surface area contributed by atoms with Crippen LogP contribution in [0.15, 0.2) is 48.5 Å². The number of nitro groups is 1. The second-order valence-corrected chi connectivity index (χ2v) is 6.25. The van der Waals surface area contributed by atoms with Gasteiger partial charge in [-0.3, -0.25) is 10.1 Å². The van der Waals surface area contributed by atoms with Gasteiger partial charge >= 0.3 is 5.97 Å². The first-order chi connectivity index (χ1) is 11.9. The lowest BCUT2D eigenvalue weighted by Crippen LogP contribution is -2.20. The van der Waals surface area contributed by atoms with Gasteiger partial charge in [0, 0.05) is 24.1 Å². The van der Waals surface area contributed by atoms with Gasteiger partial charge in [0.1, 0.15) is 11.7 Å². The number of rotatable bonds is 7. The predicted octanol–water partition coefficient (Wildman–Crippen LogP) is 4.10. The third-order valence-electron chi connectivity index (χ3n) is 3.64. The first-order valence-electron chi connectivity index (χ1n) is 7.73. The number of ether oxygens (including phenoxy) is 1. The zero-order valence-electron chi connectivity index (χ0n) is 14.0. The van der Waals surface area contributed by atoms with Gasteiger partial charge in [-0.25, -0.2) is 4.79 Å². The van der Waals surface area contributed by atoms with Crippen molar-refractivity contribution in [3.63, 3.8) is 0 Å². The Bertz CT molecular complexity index is 750. The van der Waals surface area contributed by atoms with E-state index in [2.05, 4.69) is 0 Å². The molecule has 0 saturated carbocycles. The van der Waals surface area contributed by atoms with E-state index in [0.29, 0.717) is 13.0 Å². The summed E-state index contributed by atoms with van der Waals surface area (Å²) in [6, 6.07) is 13.2. The first-order valence-corrected chi connectivity index (χ1v) is 8.11. The molecule has 25 heavy (non-hydrogen) atoms. The van der Waals surface area contributed by atoms with Gasteiger partial charge in [0.2, 0.25) is 0 Å². The summed E-state index contributed by atoms with van der Waals surface area (Å²) in [5, 5.41) is 11.4. The minimum Gasteiger partial charge on any atom is -0.454 e.